The first-order valence-electron chi connectivity index (χ1n) is 4.33. The Morgan fingerprint density at radius 1 is 1.43 bits per heavy atom. The van der Waals surface area contributed by atoms with Gasteiger partial charge in [-0.1, -0.05) is 0 Å². The fraction of sp³-hybridized carbons (Fsp3) is 0.400. The number of hydrogen-bond donors (Lipinski definition) is 1. The van der Waals surface area contributed by atoms with Gasteiger partial charge in [0.2, 0.25) is 0 Å². The summed E-state index contributed by atoms with van der Waals surface area (Å²) < 4.78 is 23.2. The minimum absolute atomic E-state index is 0.274. The number of aliphatic hydroxyl groups excluding tert-OH is 1. The highest BCUT2D eigenvalue weighted by molar-refractivity contribution is 5.46. The Balaban J connectivity index is 3.18. The average molecular weight is 200 g/mol. The molecule has 0 aliphatic rings. The smallest absolute Gasteiger partial charge is 0.166 e. The number of benzene rings is 1. The molecule has 0 aromatic heterocycles. The van der Waals surface area contributed by atoms with Crippen LogP contribution in [0.4, 0.5) is 4.39 Å². The number of halogens is 1. The Morgan fingerprint density at radius 3 is 2.64 bits per heavy atom. The molecule has 1 N–H and O–H groups in total. The number of methoxy groups -OCH3 is 1. The predicted octanol–water partition coefficient (Wildman–Crippen LogP) is 1.73. The Hall–Kier alpha value is -1.29. The van der Waals surface area contributed by atoms with Crippen LogP contribution in [0.25, 0.3) is 0 Å². The predicted molar refractivity (Wildman–Crippen MR) is 50.0 cm³/mol. The van der Waals surface area contributed by atoms with Crippen LogP contribution in [0.1, 0.15) is 12.5 Å². The van der Waals surface area contributed by atoms with E-state index in [0.29, 0.717) is 23.7 Å². The van der Waals surface area contributed by atoms with Crippen LogP contribution in [0, 0.1) is 5.82 Å². The Kier molecular flexibility index (Phi) is 3.71. The number of rotatable bonds is 4. The quantitative estimate of drug-likeness (QED) is 0.804. The highest BCUT2D eigenvalue weighted by Crippen LogP contribution is 2.32. The fourth-order valence-corrected chi connectivity index (χ4v) is 1.20. The molecule has 0 spiro atoms. The molecular formula is C10H13FO3. The van der Waals surface area contributed by atoms with Gasteiger partial charge in [-0.05, 0) is 13.0 Å². The summed E-state index contributed by atoms with van der Waals surface area (Å²) in [5.74, 6) is 0.254. The molecule has 1 rings (SSSR count). The van der Waals surface area contributed by atoms with E-state index < -0.39 is 5.82 Å². The summed E-state index contributed by atoms with van der Waals surface area (Å²) in [6.07, 6.45) is 0. The maximum absolute atomic E-state index is 13.0. The minimum atomic E-state index is -0.450. The monoisotopic (exact) mass is 200 g/mol. The topological polar surface area (TPSA) is 38.7 Å². The third-order valence-corrected chi connectivity index (χ3v) is 1.78. The van der Waals surface area contributed by atoms with Crippen molar-refractivity contribution >= 4 is 0 Å². The van der Waals surface area contributed by atoms with Crippen LogP contribution in [-0.4, -0.2) is 18.8 Å². The van der Waals surface area contributed by atoms with Gasteiger partial charge in [-0.3, -0.25) is 0 Å². The zero-order chi connectivity index (χ0) is 10.6. The second kappa shape index (κ2) is 4.81. The summed E-state index contributed by atoms with van der Waals surface area (Å²) in [6, 6.07) is 2.46. The lowest BCUT2D eigenvalue weighted by molar-refractivity contribution is 0.259. The maximum Gasteiger partial charge on any atom is 0.166 e. The van der Waals surface area contributed by atoms with E-state index in [0.717, 1.165) is 0 Å². The van der Waals surface area contributed by atoms with Crippen molar-refractivity contribution in [1.82, 2.24) is 0 Å². The normalized spacial score (nSPS) is 10.0. The summed E-state index contributed by atoms with van der Waals surface area (Å²) in [4.78, 5) is 0. The number of hydrogen-bond acceptors (Lipinski definition) is 3. The van der Waals surface area contributed by atoms with E-state index in [1.807, 2.05) is 6.92 Å². The van der Waals surface area contributed by atoms with Gasteiger partial charge in [0.15, 0.2) is 11.5 Å². The minimum Gasteiger partial charge on any atom is -0.493 e. The van der Waals surface area contributed by atoms with Gasteiger partial charge in [0, 0.05) is 11.6 Å². The van der Waals surface area contributed by atoms with E-state index in [4.69, 9.17) is 14.6 Å². The fourth-order valence-electron chi connectivity index (χ4n) is 1.20. The molecular weight excluding hydrogens is 187 g/mol. The van der Waals surface area contributed by atoms with Gasteiger partial charge in [0.1, 0.15) is 5.82 Å². The SMILES string of the molecule is CCOc1c(CO)cc(F)cc1OC. The zero-order valence-corrected chi connectivity index (χ0v) is 8.21. The molecule has 0 saturated heterocycles. The van der Waals surface area contributed by atoms with Crippen LogP contribution in [0.5, 0.6) is 11.5 Å². The molecule has 14 heavy (non-hydrogen) atoms. The van der Waals surface area contributed by atoms with Crippen LogP contribution < -0.4 is 9.47 Å². The van der Waals surface area contributed by atoms with Crippen molar-refractivity contribution in [2.75, 3.05) is 13.7 Å². The molecule has 78 valence electrons. The summed E-state index contributed by atoms with van der Waals surface area (Å²) in [7, 11) is 1.43. The Bertz CT molecular complexity index is 287. The third-order valence-electron chi connectivity index (χ3n) is 1.78. The molecule has 0 aliphatic carbocycles. The first-order valence-corrected chi connectivity index (χ1v) is 4.33. The number of aliphatic hydroxyl groups is 1. The van der Waals surface area contributed by atoms with E-state index in [1.54, 1.807) is 0 Å². The van der Waals surface area contributed by atoms with Gasteiger partial charge < -0.3 is 14.6 Å². The van der Waals surface area contributed by atoms with Crippen LogP contribution in [0.15, 0.2) is 12.1 Å². The second-order valence-electron chi connectivity index (χ2n) is 2.69. The average Bonchev–Trinajstić information content (AvgIpc) is 2.20. The largest absolute Gasteiger partial charge is 0.493 e. The van der Waals surface area contributed by atoms with Crippen molar-refractivity contribution in [1.29, 1.82) is 0 Å². The van der Waals surface area contributed by atoms with Gasteiger partial charge >= 0.3 is 0 Å². The molecule has 0 atom stereocenters. The number of ether oxygens (including phenoxy) is 2. The van der Waals surface area contributed by atoms with Crippen LogP contribution >= 0.6 is 0 Å². The van der Waals surface area contributed by atoms with E-state index >= 15 is 0 Å². The van der Waals surface area contributed by atoms with Crippen molar-refractivity contribution in [2.24, 2.45) is 0 Å². The van der Waals surface area contributed by atoms with Crippen LogP contribution in [0.2, 0.25) is 0 Å². The van der Waals surface area contributed by atoms with Crippen molar-refractivity contribution in [3.8, 4) is 11.5 Å². The highest BCUT2D eigenvalue weighted by Gasteiger charge is 2.11. The summed E-state index contributed by atoms with van der Waals surface area (Å²) in [6.45, 7) is 1.97. The highest BCUT2D eigenvalue weighted by atomic mass is 19.1. The van der Waals surface area contributed by atoms with Crippen molar-refractivity contribution in [3.63, 3.8) is 0 Å². The molecule has 3 nitrogen and oxygen atoms in total. The van der Waals surface area contributed by atoms with Crippen molar-refractivity contribution in [3.05, 3.63) is 23.5 Å². The molecule has 0 bridgehead atoms. The van der Waals surface area contributed by atoms with E-state index in [9.17, 15) is 4.39 Å². The van der Waals surface area contributed by atoms with Gasteiger partial charge in [-0.25, -0.2) is 4.39 Å². The van der Waals surface area contributed by atoms with Crippen molar-refractivity contribution in [2.45, 2.75) is 13.5 Å². The summed E-state index contributed by atoms with van der Waals surface area (Å²) in [5, 5.41) is 8.99. The Morgan fingerprint density at radius 2 is 2.14 bits per heavy atom. The molecule has 4 heteroatoms. The molecule has 0 saturated carbocycles. The molecule has 0 unspecified atom stereocenters. The van der Waals surface area contributed by atoms with Gasteiger partial charge in [-0.15, -0.1) is 0 Å². The first-order chi connectivity index (χ1) is 6.72. The first kappa shape index (κ1) is 10.8. The third kappa shape index (κ3) is 2.14. The second-order valence-corrected chi connectivity index (χ2v) is 2.69. The van der Waals surface area contributed by atoms with E-state index in [2.05, 4.69) is 0 Å². The zero-order valence-electron chi connectivity index (χ0n) is 8.21. The summed E-state index contributed by atoms with van der Waals surface area (Å²) in [5.41, 5.74) is 0.392. The molecule has 0 fully saturated rings. The van der Waals surface area contributed by atoms with Crippen molar-refractivity contribution < 1.29 is 19.0 Å². The van der Waals surface area contributed by atoms with Gasteiger partial charge in [0.05, 0.1) is 20.3 Å². The van der Waals surface area contributed by atoms with E-state index in [-0.39, 0.29) is 6.61 Å². The molecule has 1 aromatic carbocycles. The molecule has 0 amide bonds. The maximum atomic E-state index is 13.0. The molecule has 1 aromatic rings. The van der Waals surface area contributed by atoms with E-state index in [1.165, 1.54) is 19.2 Å². The lowest BCUT2D eigenvalue weighted by atomic mass is 10.2. The summed E-state index contributed by atoms with van der Waals surface area (Å²) >= 11 is 0. The van der Waals surface area contributed by atoms with Gasteiger partial charge in [0.25, 0.3) is 0 Å². The standard InChI is InChI=1S/C10H13FO3/c1-3-14-10-7(6-12)4-8(11)5-9(10)13-2/h4-5,12H,3,6H2,1-2H3. The molecule has 0 aliphatic heterocycles. The van der Waals surface area contributed by atoms with Crippen LogP contribution in [0.3, 0.4) is 0 Å². The lowest BCUT2D eigenvalue weighted by Gasteiger charge is -2.12. The molecule has 0 radical (unpaired) electrons. The van der Waals surface area contributed by atoms with Crippen LogP contribution in [-0.2, 0) is 6.61 Å². The Labute approximate surface area is 82.1 Å². The van der Waals surface area contributed by atoms with Gasteiger partial charge in [-0.2, -0.15) is 0 Å². The lowest BCUT2D eigenvalue weighted by Crippen LogP contribution is -2.00. The molecule has 0 heterocycles.